The number of allylic oxidation sites excluding steroid dienone is 1. The molecule has 7 heteroatoms. The zero-order valence-electron chi connectivity index (χ0n) is 10.4. The monoisotopic (exact) mass is 302 g/mol. The van der Waals surface area contributed by atoms with Gasteiger partial charge in [-0.2, -0.15) is 5.11 Å². The summed E-state index contributed by atoms with van der Waals surface area (Å²) >= 11 is 11.6. The summed E-state index contributed by atoms with van der Waals surface area (Å²) in [6, 6.07) is 4.62. The minimum atomic E-state index is -0.744. The van der Waals surface area contributed by atoms with E-state index >= 15 is 0 Å². The van der Waals surface area contributed by atoms with Gasteiger partial charge >= 0.3 is 5.97 Å². The molecule has 0 unspecified atom stereocenters. The first kappa shape index (κ1) is 15.5. The number of azo groups is 1. The van der Waals surface area contributed by atoms with E-state index in [-0.39, 0.29) is 18.1 Å². The fourth-order valence-electron chi connectivity index (χ4n) is 1.12. The van der Waals surface area contributed by atoms with Gasteiger partial charge in [0.05, 0.1) is 22.3 Å². The van der Waals surface area contributed by atoms with Gasteiger partial charge in [0.2, 0.25) is 5.70 Å². The highest BCUT2D eigenvalue weighted by Crippen LogP contribution is 2.27. The van der Waals surface area contributed by atoms with Crippen LogP contribution in [0.1, 0.15) is 13.8 Å². The number of carbonyl (C=O) groups excluding carboxylic acids is 1. The van der Waals surface area contributed by atoms with Crippen LogP contribution in [0.4, 0.5) is 5.69 Å². The lowest BCUT2D eigenvalue weighted by Gasteiger charge is -2.02. The van der Waals surface area contributed by atoms with Gasteiger partial charge in [-0.15, -0.1) is 5.11 Å². The number of nitrogens with zero attached hydrogens (tertiary/aromatic N) is 2. The van der Waals surface area contributed by atoms with Crippen molar-refractivity contribution in [1.29, 1.82) is 0 Å². The third-order valence-corrected chi connectivity index (χ3v) is 2.72. The van der Waals surface area contributed by atoms with Crippen molar-refractivity contribution < 1.29 is 14.6 Å². The Bertz CT molecular complexity index is 538. The zero-order chi connectivity index (χ0) is 14.4. The molecule has 1 N–H and O–H groups in total. The average Bonchev–Trinajstić information content (AvgIpc) is 2.33. The Morgan fingerprint density at radius 2 is 2.05 bits per heavy atom. The van der Waals surface area contributed by atoms with Gasteiger partial charge in [0, 0.05) is 0 Å². The molecule has 0 aromatic heterocycles. The van der Waals surface area contributed by atoms with Gasteiger partial charge in [0.25, 0.3) is 0 Å². The van der Waals surface area contributed by atoms with Gasteiger partial charge in [-0.1, -0.05) is 23.2 Å². The Morgan fingerprint density at radius 1 is 1.37 bits per heavy atom. The van der Waals surface area contributed by atoms with E-state index < -0.39 is 5.97 Å². The van der Waals surface area contributed by atoms with Crippen LogP contribution in [0, 0.1) is 0 Å². The van der Waals surface area contributed by atoms with Crippen LogP contribution in [0.5, 0.6) is 0 Å². The van der Waals surface area contributed by atoms with Crippen molar-refractivity contribution in [3.05, 3.63) is 39.7 Å². The van der Waals surface area contributed by atoms with Gasteiger partial charge in [0.15, 0.2) is 0 Å². The van der Waals surface area contributed by atoms with E-state index in [0.29, 0.717) is 15.7 Å². The van der Waals surface area contributed by atoms with Crippen molar-refractivity contribution in [1.82, 2.24) is 0 Å². The molecule has 19 heavy (non-hydrogen) atoms. The maximum Gasteiger partial charge on any atom is 0.362 e. The smallest absolute Gasteiger partial charge is 0.362 e. The topological polar surface area (TPSA) is 71.2 Å². The van der Waals surface area contributed by atoms with E-state index in [1.54, 1.807) is 19.1 Å². The SMILES string of the molecule is CCOC(=O)C(N=Nc1ccc(Cl)c(Cl)c1)=C(C)O. The molecule has 1 rings (SSSR count). The highest BCUT2D eigenvalue weighted by Gasteiger charge is 2.13. The second-order valence-electron chi connectivity index (χ2n) is 3.45. The number of aliphatic hydroxyl groups excluding tert-OH is 1. The molecule has 0 aliphatic heterocycles. The van der Waals surface area contributed by atoms with Crippen molar-refractivity contribution in [3.8, 4) is 0 Å². The second kappa shape index (κ2) is 7.11. The molecule has 102 valence electrons. The third-order valence-electron chi connectivity index (χ3n) is 1.98. The predicted octanol–water partition coefficient (Wildman–Crippen LogP) is 4.43. The normalized spacial score (nSPS) is 12.4. The molecule has 0 saturated carbocycles. The van der Waals surface area contributed by atoms with Crippen LogP contribution in [0.25, 0.3) is 0 Å². The Kier molecular flexibility index (Phi) is 5.79. The van der Waals surface area contributed by atoms with Crippen molar-refractivity contribution in [2.24, 2.45) is 10.2 Å². The molecule has 0 fully saturated rings. The first-order chi connectivity index (χ1) is 8.95. The molecular formula is C12H12Cl2N2O3. The summed E-state index contributed by atoms with van der Waals surface area (Å²) < 4.78 is 4.74. The van der Waals surface area contributed by atoms with Crippen LogP contribution in [-0.4, -0.2) is 17.7 Å². The molecule has 0 spiro atoms. The molecule has 0 atom stereocenters. The number of hydrogen-bond acceptors (Lipinski definition) is 5. The Hall–Kier alpha value is -1.59. The Balaban J connectivity index is 2.97. The molecule has 0 aliphatic rings. The van der Waals surface area contributed by atoms with Crippen LogP contribution in [0.2, 0.25) is 10.0 Å². The summed E-state index contributed by atoms with van der Waals surface area (Å²) in [4.78, 5) is 11.5. The number of rotatable bonds is 4. The molecule has 0 heterocycles. The molecule has 5 nitrogen and oxygen atoms in total. The highest BCUT2D eigenvalue weighted by atomic mass is 35.5. The summed E-state index contributed by atoms with van der Waals surface area (Å²) in [7, 11) is 0. The standard InChI is InChI=1S/C12H12Cl2N2O3/c1-3-19-12(18)11(7(2)17)16-15-8-4-5-9(13)10(14)6-8/h4-6,17H,3H2,1-2H3. The van der Waals surface area contributed by atoms with E-state index in [0.717, 1.165) is 0 Å². The molecule has 0 bridgehead atoms. The van der Waals surface area contributed by atoms with Crippen LogP contribution < -0.4 is 0 Å². The lowest BCUT2D eigenvalue weighted by molar-refractivity contribution is -0.138. The van der Waals surface area contributed by atoms with Gasteiger partial charge in [-0.05, 0) is 32.0 Å². The lowest BCUT2D eigenvalue weighted by atomic mass is 10.3. The number of aliphatic hydroxyl groups is 1. The molecule has 0 saturated heterocycles. The number of hydrogen-bond donors (Lipinski definition) is 1. The van der Waals surface area contributed by atoms with E-state index in [4.69, 9.17) is 27.9 Å². The van der Waals surface area contributed by atoms with Crippen LogP contribution in [-0.2, 0) is 9.53 Å². The van der Waals surface area contributed by atoms with Crippen LogP contribution >= 0.6 is 23.2 Å². The molecule has 0 amide bonds. The highest BCUT2D eigenvalue weighted by molar-refractivity contribution is 6.42. The van der Waals surface area contributed by atoms with E-state index in [9.17, 15) is 9.90 Å². The van der Waals surface area contributed by atoms with Crippen molar-refractivity contribution in [2.45, 2.75) is 13.8 Å². The third kappa shape index (κ3) is 4.54. The van der Waals surface area contributed by atoms with E-state index in [2.05, 4.69) is 10.2 Å². The number of carbonyl (C=O) groups is 1. The van der Waals surface area contributed by atoms with Gasteiger partial charge in [-0.25, -0.2) is 4.79 Å². The first-order valence-electron chi connectivity index (χ1n) is 5.39. The molecule has 0 radical (unpaired) electrons. The maximum atomic E-state index is 11.5. The average molecular weight is 303 g/mol. The van der Waals surface area contributed by atoms with Gasteiger partial charge in [0.1, 0.15) is 5.76 Å². The van der Waals surface area contributed by atoms with Gasteiger partial charge in [-0.3, -0.25) is 0 Å². The quantitative estimate of drug-likeness (QED) is 0.387. The van der Waals surface area contributed by atoms with Crippen molar-refractivity contribution in [3.63, 3.8) is 0 Å². The maximum absolute atomic E-state index is 11.5. The van der Waals surface area contributed by atoms with E-state index in [1.165, 1.54) is 13.0 Å². The largest absolute Gasteiger partial charge is 0.510 e. The predicted molar refractivity (Wildman–Crippen MR) is 72.9 cm³/mol. The fourth-order valence-corrected chi connectivity index (χ4v) is 1.41. The minimum absolute atomic E-state index is 0.178. The Morgan fingerprint density at radius 3 is 2.58 bits per heavy atom. The van der Waals surface area contributed by atoms with Crippen LogP contribution in [0.15, 0.2) is 39.9 Å². The summed E-state index contributed by atoms with van der Waals surface area (Å²) in [6.45, 7) is 3.15. The molecule has 0 aliphatic carbocycles. The van der Waals surface area contributed by atoms with Crippen molar-refractivity contribution in [2.75, 3.05) is 6.61 Å². The number of halogens is 2. The number of esters is 1. The van der Waals surface area contributed by atoms with Gasteiger partial charge < -0.3 is 9.84 Å². The van der Waals surface area contributed by atoms with Crippen molar-refractivity contribution >= 4 is 34.9 Å². The lowest BCUT2D eigenvalue weighted by Crippen LogP contribution is -2.07. The minimum Gasteiger partial charge on any atom is -0.510 e. The summed E-state index contributed by atoms with van der Waals surface area (Å²) in [5.41, 5.74) is 0.144. The number of ether oxygens (including phenoxy) is 1. The second-order valence-corrected chi connectivity index (χ2v) is 4.27. The number of benzene rings is 1. The first-order valence-corrected chi connectivity index (χ1v) is 6.15. The molecular weight excluding hydrogens is 291 g/mol. The van der Waals surface area contributed by atoms with Crippen LogP contribution in [0.3, 0.4) is 0 Å². The molecule has 1 aromatic carbocycles. The fraction of sp³-hybridized carbons (Fsp3) is 0.250. The van der Waals surface area contributed by atoms with E-state index in [1.807, 2.05) is 0 Å². The Labute approximate surface area is 120 Å². The zero-order valence-corrected chi connectivity index (χ0v) is 11.9. The summed E-state index contributed by atoms with van der Waals surface area (Å²) in [6.07, 6.45) is 0. The summed E-state index contributed by atoms with van der Waals surface area (Å²) in [5.74, 6) is -1.02. The molecule has 1 aromatic rings. The summed E-state index contributed by atoms with van der Waals surface area (Å²) in [5, 5.41) is 17.5.